The van der Waals surface area contributed by atoms with Crippen LogP contribution < -0.4 is 10.6 Å². The lowest BCUT2D eigenvalue weighted by molar-refractivity contribution is -0.134. The molecule has 2 rings (SSSR count). The molecule has 1 aliphatic rings. The van der Waals surface area contributed by atoms with Gasteiger partial charge >= 0.3 is 0 Å². The van der Waals surface area contributed by atoms with Crippen LogP contribution in [0.25, 0.3) is 0 Å². The molecule has 0 aromatic heterocycles. The van der Waals surface area contributed by atoms with Gasteiger partial charge < -0.3 is 15.5 Å². The maximum Gasteiger partial charge on any atom is 0.245 e. The number of amides is 1. The van der Waals surface area contributed by atoms with E-state index in [1.807, 2.05) is 37.4 Å². The van der Waals surface area contributed by atoms with Gasteiger partial charge in [0, 0.05) is 19.6 Å². The minimum absolute atomic E-state index is 0.0640. The number of likely N-dealkylation sites (N-methyl/N-ethyl adjacent to an activating group) is 1. The first kappa shape index (κ1) is 20.7. The second kappa shape index (κ2) is 9.36. The van der Waals surface area contributed by atoms with Gasteiger partial charge in [-0.2, -0.15) is 0 Å². The number of rotatable bonds is 5. The van der Waals surface area contributed by atoms with E-state index < -0.39 is 0 Å². The fourth-order valence-corrected chi connectivity index (χ4v) is 3.69. The molecule has 0 aliphatic heterocycles. The average molecular weight is 376 g/mol. The minimum atomic E-state index is -0.361. The molecule has 1 fully saturated rings. The van der Waals surface area contributed by atoms with Crippen LogP contribution in [-0.4, -0.2) is 35.1 Å². The first-order valence-electron chi connectivity index (χ1n) is 9.63. The van der Waals surface area contributed by atoms with E-state index in [-0.39, 0.29) is 17.4 Å². The summed E-state index contributed by atoms with van der Waals surface area (Å²) >= 11 is 5.52. The summed E-state index contributed by atoms with van der Waals surface area (Å²) in [6, 6.07) is 10.1. The standard InChI is InChI=1S/C21H33N3OS/c1-21(2,3)18(23-20(26)22-17-13-9-6-10-14-17)19(25)24(4)15-16-11-7-5-8-12-16/h5,7-8,11-12,17-18H,6,9-10,13-15H2,1-4H3,(H2,22,23,26). The number of benzene rings is 1. The molecule has 0 radical (unpaired) electrons. The van der Waals surface area contributed by atoms with Crippen LogP contribution in [-0.2, 0) is 11.3 Å². The summed E-state index contributed by atoms with van der Waals surface area (Å²) in [7, 11) is 1.85. The van der Waals surface area contributed by atoms with Gasteiger partial charge in [0.15, 0.2) is 5.11 Å². The predicted octanol–water partition coefficient (Wildman–Crippen LogP) is 3.86. The quantitative estimate of drug-likeness (QED) is 0.767. The van der Waals surface area contributed by atoms with E-state index in [1.165, 1.54) is 19.3 Å². The van der Waals surface area contributed by atoms with Crippen LogP contribution in [0.1, 0.15) is 58.4 Å². The van der Waals surface area contributed by atoms with Gasteiger partial charge in [0.05, 0.1) is 0 Å². The van der Waals surface area contributed by atoms with Crippen molar-refractivity contribution in [3.8, 4) is 0 Å². The number of nitrogens with one attached hydrogen (secondary N) is 2. The van der Waals surface area contributed by atoms with E-state index in [0.717, 1.165) is 18.4 Å². The second-order valence-corrected chi connectivity index (χ2v) is 8.84. The molecule has 0 saturated heterocycles. The van der Waals surface area contributed by atoms with Crippen molar-refractivity contribution in [3.05, 3.63) is 35.9 Å². The number of carbonyl (C=O) groups excluding carboxylic acids is 1. The zero-order valence-electron chi connectivity index (χ0n) is 16.5. The Morgan fingerprint density at radius 2 is 1.81 bits per heavy atom. The summed E-state index contributed by atoms with van der Waals surface area (Å²) in [5.74, 6) is 0.0640. The zero-order chi connectivity index (χ0) is 19.2. The van der Waals surface area contributed by atoms with Crippen molar-refractivity contribution >= 4 is 23.2 Å². The van der Waals surface area contributed by atoms with E-state index in [1.54, 1.807) is 4.90 Å². The predicted molar refractivity (Wildman–Crippen MR) is 112 cm³/mol. The third-order valence-electron chi connectivity index (χ3n) is 4.97. The number of hydrogen-bond donors (Lipinski definition) is 2. The largest absolute Gasteiger partial charge is 0.360 e. The molecule has 1 amide bonds. The Balaban J connectivity index is 1.98. The highest BCUT2D eigenvalue weighted by atomic mass is 32.1. The smallest absolute Gasteiger partial charge is 0.245 e. The molecule has 1 atom stereocenters. The van der Waals surface area contributed by atoms with Gasteiger partial charge in [-0.15, -0.1) is 0 Å². The zero-order valence-corrected chi connectivity index (χ0v) is 17.4. The molecular formula is C21H33N3OS. The fourth-order valence-electron chi connectivity index (χ4n) is 3.41. The van der Waals surface area contributed by atoms with Crippen molar-refractivity contribution in [1.82, 2.24) is 15.5 Å². The molecule has 1 unspecified atom stereocenters. The van der Waals surface area contributed by atoms with Crippen molar-refractivity contribution in [2.24, 2.45) is 5.41 Å². The van der Waals surface area contributed by atoms with Crippen LogP contribution in [0.4, 0.5) is 0 Å². The second-order valence-electron chi connectivity index (χ2n) is 8.43. The molecule has 2 N–H and O–H groups in total. The summed E-state index contributed by atoms with van der Waals surface area (Å²) in [5.41, 5.74) is 0.888. The fraction of sp³-hybridized carbons (Fsp3) is 0.619. The molecule has 5 heteroatoms. The van der Waals surface area contributed by atoms with Gasteiger partial charge in [-0.25, -0.2) is 0 Å². The Kier molecular flexibility index (Phi) is 7.44. The van der Waals surface area contributed by atoms with Gasteiger partial charge in [-0.1, -0.05) is 70.4 Å². The summed E-state index contributed by atoms with van der Waals surface area (Å²) in [5, 5.41) is 7.31. The van der Waals surface area contributed by atoms with Gasteiger partial charge in [0.2, 0.25) is 5.91 Å². The van der Waals surface area contributed by atoms with Crippen molar-refractivity contribution < 1.29 is 4.79 Å². The third-order valence-corrected chi connectivity index (χ3v) is 5.20. The Bertz CT molecular complexity index is 591. The highest BCUT2D eigenvalue weighted by Crippen LogP contribution is 2.22. The maximum absolute atomic E-state index is 13.1. The first-order valence-corrected chi connectivity index (χ1v) is 10.0. The van der Waals surface area contributed by atoms with E-state index >= 15 is 0 Å². The van der Waals surface area contributed by atoms with Crippen molar-refractivity contribution in [3.63, 3.8) is 0 Å². The van der Waals surface area contributed by atoms with Crippen LogP contribution >= 0.6 is 12.2 Å². The van der Waals surface area contributed by atoms with Gasteiger partial charge in [-0.05, 0) is 36.0 Å². The Morgan fingerprint density at radius 3 is 2.38 bits per heavy atom. The normalized spacial score (nSPS) is 16.6. The number of nitrogens with zero attached hydrogens (tertiary/aromatic N) is 1. The average Bonchev–Trinajstić information content (AvgIpc) is 2.60. The third kappa shape index (κ3) is 6.27. The van der Waals surface area contributed by atoms with Crippen molar-refractivity contribution in [2.75, 3.05) is 7.05 Å². The summed E-state index contributed by atoms with van der Waals surface area (Å²) in [4.78, 5) is 14.9. The highest BCUT2D eigenvalue weighted by molar-refractivity contribution is 7.80. The molecule has 4 nitrogen and oxygen atoms in total. The van der Waals surface area contributed by atoms with Crippen LogP contribution in [0.15, 0.2) is 30.3 Å². The van der Waals surface area contributed by atoms with E-state index in [4.69, 9.17) is 12.2 Å². The molecule has 0 spiro atoms. The van der Waals surface area contributed by atoms with Crippen LogP contribution in [0.3, 0.4) is 0 Å². The number of thiocarbonyl (C=S) groups is 1. The molecule has 1 aliphatic carbocycles. The molecule has 1 aromatic carbocycles. The molecular weight excluding hydrogens is 342 g/mol. The molecule has 144 valence electrons. The lowest BCUT2D eigenvalue weighted by Crippen LogP contribution is -2.57. The van der Waals surface area contributed by atoms with E-state index in [9.17, 15) is 4.79 Å². The van der Waals surface area contributed by atoms with Crippen LogP contribution in [0.5, 0.6) is 0 Å². The van der Waals surface area contributed by atoms with Crippen LogP contribution in [0.2, 0.25) is 0 Å². The topological polar surface area (TPSA) is 44.4 Å². The SMILES string of the molecule is CN(Cc1ccccc1)C(=O)C(NC(=S)NC1CCCCC1)C(C)(C)C. The Hall–Kier alpha value is -1.62. The molecule has 1 saturated carbocycles. The lowest BCUT2D eigenvalue weighted by atomic mass is 9.86. The monoisotopic (exact) mass is 375 g/mol. The molecule has 1 aromatic rings. The molecule has 0 bridgehead atoms. The lowest BCUT2D eigenvalue weighted by Gasteiger charge is -2.35. The minimum Gasteiger partial charge on any atom is -0.360 e. The summed E-state index contributed by atoms with van der Waals surface area (Å²) < 4.78 is 0. The Morgan fingerprint density at radius 1 is 1.19 bits per heavy atom. The molecule has 26 heavy (non-hydrogen) atoms. The Labute approximate surface area is 163 Å². The van der Waals surface area contributed by atoms with Crippen molar-refractivity contribution in [1.29, 1.82) is 0 Å². The number of hydrogen-bond acceptors (Lipinski definition) is 2. The first-order chi connectivity index (χ1) is 12.3. The van der Waals surface area contributed by atoms with E-state index in [2.05, 4.69) is 31.4 Å². The maximum atomic E-state index is 13.1. The summed E-state index contributed by atoms with van der Waals surface area (Å²) in [6.45, 7) is 6.81. The highest BCUT2D eigenvalue weighted by Gasteiger charge is 2.34. The molecule has 0 heterocycles. The van der Waals surface area contributed by atoms with Gasteiger partial charge in [0.25, 0.3) is 0 Å². The van der Waals surface area contributed by atoms with E-state index in [0.29, 0.717) is 17.7 Å². The summed E-state index contributed by atoms with van der Waals surface area (Å²) in [6.07, 6.45) is 6.13. The van der Waals surface area contributed by atoms with Gasteiger partial charge in [-0.3, -0.25) is 4.79 Å². The number of carbonyl (C=O) groups is 1. The van der Waals surface area contributed by atoms with Crippen molar-refractivity contribution in [2.45, 2.75) is 71.5 Å². The van der Waals surface area contributed by atoms with Crippen LogP contribution in [0, 0.1) is 5.41 Å². The van der Waals surface area contributed by atoms with Gasteiger partial charge in [0.1, 0.15) is 6.04 Å².